The van der Waals surface area contributed by atoms with Crippen molar-refractivity contribution < 1.29 is 9.26 Å². The van der Waals surface area contributed by atoms with Crippen LogP contribution < -0.4 is 5.32 Å². The number of nitrogens with one attached hydrogen (secondary N) is 1. The van der Waals surface area contributed by atoms with Crippen molar-refractivity contribution >= 4 is 16.9 Å². The van der Waals surface area contributed by atoms with E-state index in [4.69, 9.17) is 19.2 Å². The first-order chi connectivity index (χ1) is 14.2. The fourth-order valence-electron chi connectivity index (χ4n) is 3.67. The standard InChI is InChI=1S/C20H21N7O2/c1-12-7-15(29-26-12)8-14-10-28-11-17(14)23-19-16-9-22-27(2)20(16)25-18(24-19)13-3-5-21-6-4-13/h3-7,9,14,17H,8,10-11H2,1-2H3,(H,23,24,25)/t14-,17+/m1/s1. The highest BCUT2D eigenvalue weighted by atomic mass is 16.5. The highest BCUT2D eigenvalue weighted by Gasteiger charge is 2.30. The van der Waals surface area contributed by atoms with Gasteiger partial charge in [-0.2, -0.15) is 5.10 Å². The molecule has 9 heteroatoms. The molecule has 5 rings (SSSR count). The second-order valence-electron chi connectivity index (χ2n) is 7.32. The van der Waals surface area contributed by atoms with Gasteiger partial charge in [-0.1, -0.05) is 5.16 Å². The van der Waals surface area contributed by atoms with Crippen LogP contribution in [0.3, 0.4) is 0 Å². The van der Waals surface area contributed by atoms with Gasteiger partial charge in [0.1, 0.15) is 11.6 Å². The Kier molecular flexibility index (Phi) is 4.44. The van der Waals surface area contributed by atoms with Gasteiger partial charge in [-0.25, -0.2) is 9.97 Å². The minimum atomic E-state index is 0.101. The first-order valence-corrected chi connectivity index (χ1v) is 9.54. The summed E-state index contributed by atoms with van der Waals surface area (Å²) < 4.78 is 12.9. The fourth-order valence-corrected chi connectivity index (χ4v) is 3.67. The van der Waals surface area contributed by atoms with E-state index in [1.165, 1.54) is 0 Å². The molecule has 1 aliphatic heterocycles. The van der Waals surface area contributed by atoms with Crippen LogP contribution in [0.15, 0.2) is 41.3 Å². The van der Waals surface area contributed by atoms with Gasteiger partial charge in [0.15, 0.2) is 11.5 Å². The Labute approximate surface area is 167 Å². The highest BCUT2D eigenvalue weighted by Crippen LogP contribution is 2.28. The Morgan fingerprint density at radius 3 is 2.86 bits per heavy atom. The van der Waals surface area contributed by atoms with Crippen LogP contribution in [0.5, 0.6) is 0 Å². The molecule has 0 bridgehead atoms. The summed E-state index contributed by atoms with van der Waals surface area (Å²) >= 11 is 0. The predicted octanol–water partition coefficient (Wildman–Crippen LogP) is 2.39. The highest BCUT2D eigenvalue weighted by molar-refractivity contribution is 5.88. The van der Waals surface area contributed by atoms with Gasteiger partial charge >= 0.3 is 0 Å². The number of anilines is 1. The summed E-state index contributed by atoms with van der Waals surface area (Å²) in [5.41, 5.74) is 2.57. The summed E-state index contributed by atoms with van der Waals surface area (Å²) in [5.74, 6) is 2.52. The number of nitrogens with zero attached hydrogens (tertiary/aromatic N) is 6. The lowest BCUT2D eigenvalue weighted by atomic mass is 9.98. The average molecular weight is 391 g/mol. The summed E-state index contributed by atoms with van der Waals surface area (Å²) in [5, 5.41) is 12.8. The van der Waals surface area contributed by atoms with Crippen molar-refractivity contribution in [3.8, 4) is 11.4 Å². The molecule has 0 aromatic carbocycles. The van der Waals surface area contributed by atoms with Crippen molar-refractivity contribution in [1.82, 2.24) is 29.9 Å². The molecule has 2 atom stereocenters. The smallest absolute Gasteiger partial charge is 0.164 e. The van der Waals surface area contributed by atoms with Gasteiger partial charge in [-0.15, -0.1) is 0 Å². The number of hydrogen-bond acceptors (Lipinski definition) is 8. The lowest BCUT2D eigenvalue weighted by Crippen LogP contribution is -2.29. The zero-order chi connectivity index (χ0) is 19.8. The molecular formula is C20H21N7O2. The summed E-state index contributed by atoms with van der Waals surface area (Å²) in [6, 6.07) is 5.87. The van der Waals surface area contributed by atoms with Gasteiger partial charge < -0.3 is 14.6 Å². The van der Waals surface area contributed by atoms with Crippen molar-refractivity contribution in [2.24, 2.45) is 13.0 Å². The molecule has 0 aliphatic carbocycles. The van der Waals surface area contributed by atoms with Gasteiger partial charge in [-0.3, -0.25) is 9.67 Å². The molecule has 0 radical (unpaired) electrons. The number of pyridine rings is 1. The van der Waals surface area contributed by atoms with Crippen LogP contribution in [0.1, 0.15) is 11.5 Å². The van der Waals surface area contributed by atoms with Gasteiger partial charge in [0.05, 0.1) is 36.5 Å². The summed E-state index contributed by atoms with van der Waals surface area (Å²) in [7, 11) is 1.88. The molecular weight excluding hydrogens is 370 g/mol. The summed E-state index contributed by atoms with van der Waals surface area (Å²) in [6.07, 6.45) is 6.02. The third kappa shape index (κ3) is 3.44. The minimum Gasteiger partial charge on any atom is -0.379 e. The maximum Gasteiger partial charge on any atom is 0.164 e. The third-order valence-electron chi connectivity index (χ3n) is 5.19. The minimum absolute atomic E-state index is 0.101. The molecule has 0 unspecified atom stereocenters. The number of rotatable bonds is 5. The monoisotopic (exact) mass is 391 g/mol. The zero-order valence-electron chi connectivity index (χ0n) is 16.2. The van der Waals surface area contributed by atoms with Gasteiger partial charge in [0.25, 0.3) is 0 Å². The van der Waals surface area contributed by atoms with Crippen LogP contribution in [0, 0.1) is 12.8 Å². The van der Waals surface area contributed by atoms with Crippen molar-refractivity contribution in [2.45, 2.75) is 19.4 Å². The SMILES string of the molecule is Cc1cc(C[C@@H]2COC[C@@H]2Nc2nc(-c3ccncc3)nc3c2cnn3C)on1. The molecule has 148 valence electrons. The molecule has 0 spiro atoms. The average Bonchev–Trinajstić information content (AvgIpc) is 3.45. The van der Waals surface area contributed by atoms with E-state index in [0.717, 1.165) is 40.3 Å². The molecule has 5 heterocycles. The second kappa shape index (κ2) is 7.25. The van der Waals surface area contributed by atoms with Crippen LogP contribution in [0.2, 0.25) is 0 Å². The molecule has 4 aromatic heterocycles. The Morgan fingerprint density at radius 2 is 2.07 bits per heavy atom. The van der Waals surface area contributed by atoms with Crippen molar-refractivity contribution in [3.63, 3.8) is 0 Å². The van der Waals surface area contributed by atoms with E-state index in [0.29, 0.717) is 19.0 Å². The molecule has 1 fully saturated rings. The normalized spacial score (nSPS) is 19.1. The molecule has 0 saturated carbocycles. The summed E-state index contributed by atoms with van der Waals surface area (Å²) in [4.78, 5) is 13.6. The van der Waals surface area contributed by atoms with Gasteiger partial charge in [0.2, 0.25) is 0 Å². The topological polar surface area (TPSA) is 104 Å². The third-order valence-corrected chi connectivity index (χ3v) is 5.19. The van der Waals surface area contributed by atoms with E-state index < -0.39 is 0 Å². The number of fused-ring (bicyclic) bond motifs is 1. The molecule has 29 heavy (non-hydrogen) atoms. The fraction of sp³-hybridized carbons (Fsp3) is 0.350. The molecule has 4 aromatic rings. The van der Waals surface area contributed by atoms with Crippen molar-refractivity contribution in [1.29, 1.82) is 0 Å². The predicted molar refractivity (Wildman–Crippen MR) is 106 cm³/mol. The van der Waals surface area contributed by atoms with Gasteiger partial charge in [0, 0.05) is 43.4 Å². The van der Waals surface area contributed by atoms with E-state index in [2.05, 4.69) is 20.6 Å². The van der Waals surface area contributed by atoms with E-state index >= 15 is 0 Å². The number of hydrogen-bond donors (Lipinski definition) is 1. The zero-order valence-corrected chi connectivity index (χ0v) is 16.2. The maximum absolute atomic E-state index is 5.76. The molecule has 1 aliphatic rings. The Balaban J connectivity index is 1.47. The van der Waals surface area contributed by atoms with Crippen molar-refractivity contribution in [3.05, 3.63) is 48.2 Å². The lowest BCUT2D eigenvalue weighted by molar-refractivity contribution is 0.183. The maximum atomic E-state index is 5.76. The van der Waals surface area contributed by atoms with E-state index in [-0.39, 0.29) is 12.0 Å². The Morgan fingerprint density at radius 1 is 1.21 bits per heavy atom. The molecule has 1 saturated heterocycles. The number of aromatic nitrogens is 6. The van der Waals surface area contributed by atoms with Crippen LogP contribution in [0.25, 0.3) is 22.4 Å². The molecule has 9 nitrogen and oxygen atoms in total. The number of aryl methyl sites for hydroxylation is 2. The van der Waals surface area contributed by atoms with Crippen LogP contribution >= 0.6 is 0 Å². The largest absolute Gasteiger partial charge is 0.379 e. The second-order valence-corrected chi connectivity index (χ2v) is 7.32. The lowest BCUT2D eigenvalue weighted by Gasteiger charge is -2.19. The molecule has 0 amide bonds. The summed E-state index contributed by atoms with van der Waals surface area (Å²) in [6.45, 7) is 3.19. The first kappa shape index (κ1) is 17.7. The van der Waals surface area contributed by atoms with E-state index in [1.54, 1.807) is 23.3 Å². The quantitative estimate of drug-likeness (QED) is 0.553. The number of ether oxygens (including phenoxy) is 1. The Hall–Kier alpha value is -3.33. The van der Waals surface area contributed by atoms with Gasteiger partial charge in [-0.05, 0) is 19.1 Å². The van der Waals surface area contributed by atoms with Crippen molar-refractivity contribution in [2.75, 3.05) is 18.5 Å². The Bertz CT molecular complexity index is 1140. The van der Waals surface area contributed by atoms with E-state index in [1.807, 2.05) is 32.2 Å². The molecule has 1 N–H and O–H groups in total. The van der Waals surface area contributed by atoms with E-state index in [9.17, 15) is 0 Å². The first-order valence-electron chi connectivity index (χ1n) is 9.54. The van der Waals surface area contributed by atoms with Crippen LogP contribution in [-0.4, -0.2) is 49.1 Å². The van der Waals surface area contributed by atoms with Crippen LogP contribution in [-0.2, 0) is 18.2 Å². The van der Waals surface area contributed by atoms with Crippen LogP contribution in [0.4, 0.5) is 5.82 Å².